The van der Waals surface area contributed by atoms with Gasteiger partial charge in [-0.1, -0.05) is 18.2 Å². The quantitative estimate of drug-likeness (QED) is 0.873. The maximum Gasteiger partial charge on any atom is 0.573 e. The van der Waals surface area contributed by atoms with Gasteiger partial charge in [-0.2, -0.15) is 0 Å². The number of alkyl halides is 3. The molecule has 2 rings (SSSR count). The molecule has 1 atom stereocenters. The largest absolute Gasteiger partial charge is 0.573 e. The maximum atomic E-state index is 12.6. The number of rotatable bonds is 5. The molecule has 140 valence electrons. The number of piperidine rings is 1. The monoisotopic (exact) mass is 358 g/mol. The molecule has 1 saturated heterocycles. The molecule has 1 heterocycles. The second-order valence-electron chi connectivity index (χ2n) is 7.19. The topological polar surface area (TPSA) is 41.6 Å². The van der Waals surface area contributed by atoms with E-state index in [9.17, 15) is 18.0 Å². The van der Waals surface area contributed by atoms with Crippen LogP contribution in [0.4, 0.5) is 13.2 Å². The molecule has 0 saturated carbocycles. The van der Waals surface area contributed by atoms with Gasteiger partial charge < -0.3 is 15.0 Å². The van der Waals surface area contributed by atoms with Gasteiger partial charge in [-0.05, 0) is 52.3 Å². The van der Waals surface area contributed by atoms with E-state index in [4.69, 9.17) is 0 Å². The highest BCUT2D eigenvalue weighted by atomic mass is 19.4. The van der Waals surface area contributed by atoms with E-state index in [2.05, 4.69) is 15.0 Å². The fraction of sp³-hybridized carbons (Fsp3) is 0.611. The molecule has 4 nitrogen and oxygen atoms in total. The smallest absolute Gasteiger partial charge is 0.405 e. The Morgan fingerprint density at radius 1 is 1.32 bits per heavy atom. The van der Waals surface area contributed by atoms with Gasteiger partial charge >= 0.3 is 6.36 Å². The summed E-state index contributed by atoms with van der Waals surface area (Å²) >= 11 is 0. The molecule has 0 radical (unpaired) electrons. The van der Waals surface area contributed by atoms with Crippen molar-refractivity contribution in [2.75, 3.05) is 20.1 Å². The summed E-state index contributed by atoms with van der Waals surface area (Å²) in [7, 11) is 2.03. The summed E-state index contributed by atoms with van der Waals surface area (Å²) in [5, 5.41) is 2.86. The van der Waals surface area contributed by atoms with Gasteiger partial charge in [0, 0.05) is 18.5 Å². The number of halogens is 3. The first kappa shape index (κ1) is 19.6. The fourth-order valence-corrected chi connectivity index (χ4v) is 3.37. The molecule has 0 bridgehead atoms. The number of amides is 1. The lowest BCUT2D eigenvalue weighted by Gasteiger charge is -2.32. The number of para-hydroxylation sites is 1. The average molecular weight is 358 g/mol. The number of hydrogen-bond donors (Lipinski definition) is 1. The summed E-state index contributed by atoms with van der Waals surface area (Å²) in [6, 6.07) is 5.89. The Balaban J connectivity index is 2.06. The lowest BCUT2D eigenvalue weighted by atomic mass is 9.91. The molecular weight excluding hydrogens is 333 g/mol. The number of carbonyl (C=O) groups is 1. The Labute approximate surface area is 146 Å². The van der Waals surface area contributed by atoms with E-state index < -0.39 is 11.9 Å². The Bertz CT molecular complexity index is 602. The van der Waals surface area contributed by atoms with Crippen molar-refractivity contribution in [2.45, 2.75) is 45.0 Å². The third-order valence-corrected chi connectivity index (χ3v) is 4.43. The van der Waals surface area contributed by atoms with Crippen LogP contribution in [0.5, 0.6) is 5.75 Å². The third-order valence-electron chi connectivity index (χ3n) is 4.43. The third kappa shape index (κ3) is 5.92. The number of nitrogens with zero attached hydrogens (tertiary/aromatic N) is 1. The van der Waals surface area contributed by atoms with Gasteiger partial charge in [0.1, 0.15) is 5.75 Å². The molecule has 1 aliphatic rings. The van der Waals surface area contributed by atoms with Crippen LogP contribution in [-0.2, 0) is 10.3 Å². The molecule has 1 aliphatic heterocycles. The molecule has 0 unspecified atom stereocenters. The van der Waals surface area contributed by atoms with Crippen LogP contribution in [0.1, 0.15) is 38.7 Å². The first-order chi connectivity index (χ1) is 11.6. The minimum atomic E-state index is -4.77. The van der Waals surface area contributed by atoms with Crippen molar-refractivity contribution >= 4 is 5.91 Å². The lowest BCUT2D eigenvalue weighted by molar-refractivity contribution is -0.275. The normalized spacial score (nSPS) is 19.5. The summed E-state index contributed by atoms with van der Waals surface area (Å²) in [6.07, 6.45) is -2.36. The molecule has 0 aliphatic carbocycles. The summed E-state index contributed by atoms with van der Waals surface area (Å²) in [5.41, 5.74) is -0.680. The van der Waals surface area contributed by atoms with Crippen molar-refractivity contribution in [1.29, 1.82) is 0 Å². The number of benzene rings is 1. The van der Waals surface area contributed by atoms with E-state index >= 15 is 0 Å². The summed E-state index contributed by atoms with van der Waals surface area (Å²) < 4.78 is 41.9. The van der Waals surface area contributed by atoms with Crippen LogP contribution in [0.2, 0.25) is 0 Å². The van der Waals surface area contributed by atoms with Crippen molar-refractivity contribution in [3.63, 3.8) is 0 Å². The summed E-state index contributed by atoms with van der Waals surface area (Å²) in [6.45, 7) is 5.25. The minimum absolute atomic E-state index is 0.160. The predicted octanol–water partition coefficient (Wildman–Crippen LogP) is 3.67. The first-order valence-electron chi connectivity index (χ1n) is 8.41. The molecule has 25 heavy (non-hydrogen) atoms. The van der Waals surface area contributed by atoms with Crippen LogP contribution >= 0.6 is 0 Å². The van der Waals surface area contributed by atoms with E-state index in [0.29, 0.717) is 12.0 Å². The SMILES string of the molecule is CN1CCC[C@@H](CC(=O)NC(C)(C)c2ccccc2OC(F)(F)F)C1. The number of ether oxygens (including phenoxy) is 1. The van der Waals surface area contributed by atoms with Crippen molar-refractivity contribution < 1.29 is 22.7 Å². The molecule has 1 aromatic rings. The van der Waals surface area contributed by atoms with Gasteiger partial charge in [0.25, 0.3) is 0 Å². The Kier molecular flexibility index (Phi) is 5.98. The minimum Gasteiger partial charge on any atom is -0.405 e. The van der Waals surface area contributed by atoms with Crippen LogP contribution in [-0.4, -0.2) is 37.3 Å². The van der Waals surface area contributed by atoms with E-state index in [1.165, 1.54) is 18.2 Å². The van der Waals surface area contributed by atoms with E-state index in [1.54, 1.807) is 19.9 Å². The molecular formula is C18H25F3N2O2. The van der Waals surface area contributed by atoms with E-state index in [0.717, 1.165) is 25.9 Å². The second-order valence-corrected chi connectivity index (χ2v) is 7.19. The van der Waals surface area contributed by atoms with Gasteiger partial charge in [0.2, 0.25) is 5.91 Å². The van der Waals surface area contributed by atoms with Gasteiger partial charge in [0.15, 0.2) is 0 Å². The predicted molar refractivity (Wildman–Crippen MR) is 89.1 cm³/mol. The van der Waals surface area contributed by atoms with Crippen LogP contribution in [0.25, 0.3) is 0 Å². The van der Waals surface area contributed by atoms with Crippen LogP contribution < -0.4 is 10.1 Å². The average Bonchev–Trinajstić information content (AvgIpc) is 2.45. The summed E-state index contributed by atoms with van der Waals surface area (Å²) in [4.78, 5) is 14.6. The lowest BCUT2D eigenvalue weighted by Crippen LogP contribution is -2.43. The number of hydrogen-bond acceptors (Lipinski definition) is 3. The van der Waals surface area contributed by atoms with Crippen molar-refractivity contribution in [3.8, 4) is 5.75 Å². The summed E-state index contributed by atoms with van der Waals surface area (Å²) in [5.74, 6) is -0.180. The molecule has 1 aromatic carbocycles. The van der Waals surface area contributed by atoms with E-state index in [-0.39, 0.29) is 17.6 Å². The zero-order valence-electron chi connectivity index (χ0n) is 14.8. The van der Waals surface area contributed by atoms with E-state index in [1.807, 2.05) is 7.05 Å². The van der Waals surface area contributed by atoms with Crippen molar-refractivity contribution in [1.82, 2.24) is 10.2 Å². The number of likely N-dealkylation sites (tertiary alicyclic amines) is 1. The highest BCUT2D eigenvalue weighted by molar-refractivity contribution is 5.77. The highest BCUT2D eigenvalue weighted by Crippen LogP contribution is 2.33. The molecule has 1 fully saturated rings. The van der Waals surface area contributed by atoms with Crippen LogP contribution in [0, 0.1) is 5.92 Å². The number of carbonyl (C=O) groups excluding carboxylic acids is 1. The van der Waals surface area contributed by atoms with Crippen molar-refractivity contribution in [2.24, 2.45) is 5.92 Å². The zero-order valence-corrected chi connectivity index (χ0v) is 14.8. The van der Waals surface area contributed by atoms with Gasteiger partial charge in [-0.3, -0.25) is 4.79 Å². The Hall–Kier alpha value is -1.76. The molecule has 1 N–H and O–H groups in total. The molecule has 1 amide bonds. The zero-order chi connectivity index (χ0) is 18.7. The van der Waals surface area contributed by atoms with Gasteiger partial charge in [-0.15, -0.1) is 13.2 Å². The van der Waals surface area contributed by atoms with Gasteiger partial charge in [0.05, 0.1) is 5.54 Å². The van der Waals surface area contributed by atoms with Crippen molar-refractivity contribution in [3.05, 3.63) is 29.8 Å². The number of nitrogens with one attached hydrogen (secondary N) is 1. The Morgan fingerprint density at radius 2 is 2.00 bits per heavy atom. The molecule has 0 aromatic heterocycles. The first-order valence-corrected chi connectivity index (χ1v) is 8.41. The highest BCUT2D eigenvalue weighted by Gasteiger charge is 2.35. The fourth-order valence-electron chi connectivity index (χ4n) is 3.37. The maximum absolute atomic E-state index is 12.6. The van der Waals surface area contributed by atoms with Gasteiger partial charge in [-0.25, -0.2) is 0 Å². The van der Waals surface area contributed by atoms with Crippen LogP contribution in [0.3, 0.4) is 0 Å². The second kappa shape index (κ2) is 7.64. The standard InChI is InChI=1S/C18H25F3N2O2/c1-17(2,14-8-4-5-9-15(14)25-18(19,20)21)22-16(24)11-13-7-6-10-23(3)12-13/h4-5,8-9,13H,6-7,10-12H2,1-3H3,(H,22,24)/t13-/m0/s1. The molecule has 0 spiro atoms. The molecule has 7 heteroatoms. The Morgan fingerprint density at radius 3 is 2.64 bits per heavy atom. The van der Waals surface area contributed by atoms with Crippen LogP contribution in [0.15, 0.2) is 24.3 Å².